The molecule has 6 rings (SSSR count). The molecule has 20 heteroatoms. The fourth-order valence-electron chi connectivity index (χ4n) is 10.8. The molecule has 4 unspecified atom stereocenters. The average Bonchev–Trinajstić information content (AvgIpc) is 3.47. The van der Waals surface area contributed by atoms with Gasteiger partial charge in [-0.05, 0) is 137 Å². The Morgan fingerprint density at radius 2 is 1.25 bits per heavy atom. The number of likely N-dealkylation sites (tertiary alicyclic amines) is 1. The summed E-state index contributed by atoms with van der Waals surface area (Å²) in [5, 5.41) is 65.1. The van der Waals surface area contributed by atoms with Crippen molar-refractivity contribution in [1.82, 2.24) is 31.1 Å². The molecule has 2 saturated heterocycles. The number of aliphatic hydroxyl groups is 4. The van der Waals surface area contributed by atoms with Gasteiger partial charge in [0.1, 0.15) is 11.6 Å². The van der Waals surface area contributed by atoms with Gasteiger partial charge in [0.2, 0.25) is 5.91 Å². The van der Waals surface area contributed by atoms with E-state index in [1.54, 1.807) is 49.1 Å². The maximum Gasteiger partial charge on any atom is 1.00 e. The molecule has 0 saturated carbocycles. The van der Waals surface area contributed by atoms with Gasteiger partial charge < -0.3 is 70.9 Å². The molecule has 2 aliphatic heterocycles. The zero-order chi connectivity index (χ0) is 58.8. The summed E-state index contributed by atoms with van der Waals surface area (Å²) >= 11 is 0. The van der Waals surface area contributed by atoms with Gasteiger partial charge in [-0.25, -0.2) is 18.4 Å². The number of carboxylic acid groups (broad SMARTS) is 1. The fraction of sp³-hybridized carbons (Fsp3) is 0.541. The normalized spacial score (nSPS) is 17.2. The standard InChI is InChI=1S/C30H42FN3O5.C25H33FN2O3.C6H13NO3.Li/c1-4-21-9-5-10-22(17-21)28-25(12-6-13-26(28)31)30(38,14-8-15-33-29(37)39-3)23-11-7-16-34(20-23)27(36)18-24(35)19-32-2;1-3-18-8-4-9-19(16-18)23-21(11-5-12-22(23)26)25(30,20-10-6-14-27-17-20)13-7-15-28-24(29)31-2;1-7(2)4-5(8)3-6(9)10;/h5-6,9-10,12-13,17,23-24,32,35,38H,4,7-8,11,14-16,18-20H2,1-3H3,(H,33,37);4-5,8-9,11-12,16,20,27,30H,3,6-7,10,13-15,17H2,1-2H3,(H,28,29);5,8H,3-4H2,1-2H3,(H,9,10);/q;;;+1/p-1/t23-,24?,30?;20-,25?;;/m11../s1. The van der Waals surface area contributed by atoms with Gasteiger partial charge in [-0.1, -0.05) is 86.6 Å². The van der Waals surface area contributed by atoms with Gasteiger partial charge in [-0.15, -0.1) is 0 Å². The summed E-state index contributed by atoms with van der Waals surface area (Å²) in [5.41, 5.74) is 2.87. The fourth-order valence-corrected chi connectivity index (χ4v) is 10.8. The Bertz CT molecular complexity index is 2580. The van der Waals surface area contributed by atoms with Crippen LogP contribution in [0.2, 0.25) is 0 Å². The number of hydrogen-bond acceptors (Lipinski definition) is 14. The van der Waals surface area contributed by atoms with Crippen LogP contribution in [0.25, 0.3) is 22.3 Å². The molecule has 6 atom stereocenters. The van der Waals surface area contributed by atoms with E-state index in [4.69, 9.17) is 5.11 Å². The van der Waals surface area contributed by atoms with Crippen LogP contribution >= 0.6 is 0 Å². The molecule has 8 N–H and O–H groups in total. The van der Waals surface area contributed by atoms with Crippen LogP contribution in [-0.4, -0.2) is 154 Å². The molecule has 81 heavy (non-hydrogen) atoms. The van der Waals surface area contributed by atoms with Crippen molar-refractivity contribution in [3.63, 3.8) is 0 Å². The Morgan fingerprint density at radius 1 is 0.753 bits per heavy atom. The number of benzene rings is 4. The van der Waals surface area contributed by atoms with Gasteiger partial charge in [0.15, 0.2) is 0 Å². The van der Waals surface area contributed by atoms with Crippen LogP contribution in [0.15, 0.2) is 84.9 Å². The summed E-state index contributed by atoms with van der Waals surface area (Å²) < 4.78 is 40.0. The van der Waals surface area contributed by atoms with Crippen molar-refractivity contribution < 1.29 is 81.8 Å². The SMILES string of the molecule is CCc1cccc(-c2c(F)cccc2C(O)(CCCNC(=O)OC)[C@@H]2CCCN(C(=O)CC(O)CNC)C2)c1.CCc1cccc(-c2c(F)cccc2C(O)(CCCNC(=O)OC)[C@@H]2CCCNC2)c1.CN(C)CC(O)CC(=O)[O-].[Li+]. The number of alkyl carbamates (subject to hydrolysis) is 2. The van der Waals surface area contributed by atoms with Crippen LogP contribution in [0, 0.1) is 23.5 Å². The van der Waals surface area contributed by atoms with Crippen molar-refractivity contribution in [1.29, 1.82) is 0 Å². The maximum absolute atomic E-state index is 15.5. The molecule has 442 valence electrons. The predicted octanol–water partition coefficient (Wildman–Crippen LogP) is 3.02. The van der Waals surface area contributed by atoms with Crippen LogP contribution in [-0.2, 0) is 43.1 Å². The number of ether oxygens (including phenoxy) is 2. The van der Waals surface area contributed by atoms with E-state index in [0.717, 1.165) is 48.9 Å². The third kappa shape index (κ3) is 21.3. The molecule has 0 aliphatic carbocycles. The molecular formula is C61H87F2LiN6O11. The molecule has 0 bridgehead atoms. The number of nitrogens with zero attached hydrogens (tertiary/aromatic N) is 2. The predicted molar refractivity (Wildman–Crippen MR) is 303 cm³/mol. The molecule has 0 spiro atoms. The summed E-state index contributed by atoms with van der Waals surface area (Å²) in [6, 6.07) is 25.3. The Labute approximate surface area is 489 Å². The molecule has 2 heterocycles. The third-order valence-corrected chi connectivity index (χ3v) is 14.8. The van der Waals surface area contributed by atoms with Crippen LogP contribution in [0.1, 0.15) is 100 Å². The van der Waals surface area contributed by atoms with E-state index < -0.39 is 47.4 Å². The first-order valence-electron chi connectivity index (χ1n) is 27.9. The molecule has 17 nitrogen and oxygen atoms in total. The van der Waals surface area contributed by atoms with Gasteiger partial charge in [0.05, 0.1) is 44.1 Å². The van der Waals surface area contributed by atoms with Crippen molar-refractivity contribution >= 4 is 24.1 Å². The summed E-state index contributed by atoms with van der Waals surface area (Å²) in [6.07, 6.45) is 3.44. The second kappa shape index (κ2) is 35.5. The number of amides is 3. The van der Waals surface area contributed by atoms with Gasteiger partial charge in [0.25, 0.3) is 0 Å². The molecule has 0 radical (unpaired) electrons. The minimum atomic E-state index is -1.47. The minimum Gasteiger partial charge on any atom is -0.550 e. The summed E-state index contributed by atoms with van der Waals surface area (Å²) in [7, 11) is 7.85. The summed E-state index contributed by atoms with van der Waals surface area (Å²) in [4.78, 5) is 49.3. The van der Waals surface area contributed by atoms with Crippen molar-refractivity contribution in [2.45, 2.75) is 114 Å². The van der Waals surface area contributed by atoms with Gasteiger partial charge in [-0.2, -0.15) is 0 Å². The minimum absolute atomic E-state index is 0. The van der Waals surface area contributed by atoms with Gasteiger partial charge in [-0.3, -0.25) is 4.79 Å². The Balaban J connectivity index is 0.000000366. The number of carboxylic acids is 1. The summed E-state index contributed by atoms with van der Waals surface area (Å²) in [6.45, 7) is 7.84. The third-order valence-electron chi connectivity index (χ3n) is 14.8. The quantitative estimate of drug-likeness (QED) is 0.0372. The van der Waals surface area contributed by atoms with Crippen molar-refractivity contribution in [3.05, 3.63) is 119 Å². The van der Waals surface area contributed by atoms with Crippen LogP contribution < -0.4 is 45.2 Å². The molecular weight excluding hydrogens is 1040 g/mol. The number of carbonyl (C=O) groups is 4. The van der Waals surface area contributed by atoms with E-state index in [-0.39, 0.29) is 74.8 Å². The first-order valence-corrected chi connectivity index (χ1v) is 27.9. The van der Waals surface area contributed by atoms with Gasteiger partial charge >= 0.3 is 31.0 Å². The number of aliphatic carboxylic acids is 1. The van der Waals surface area contributed by atoms with E-state index >= 15 is 8.78 Å². The Morgan fingerprint density at radius 3 is 1.69 bits per heavy atom. The number of aryl methyl sites for hydroxylation is 2. The summed E-state index contributed by atoms with van der Waals surface area (Å²) in [5.74, 6) is -2.56. The number of halogens is 2. The Hall–Kier alpha value is -5.46. The molecule has 0 aromatic heterocycles. The second-order valence-corrected chi connectivity index (χ2v) is 21.0. The number of likely N-dealkylation sites (N-methyl/N-ethyl adjacent to an activating group) is 2. The number of nitrogens with one attached hydrogen (secondary N) is 4. The van der Waals surface area contributed by atoms with Crippen molar-refractivity contribution in [2.75, 3.05) is 87.7 Å². The topological polar surface area (TPSA) is 245 Å². The van der Waals surface area contributed by atoms with Crippen molar-refractivity contribution in [2.24, 2.45) is 11.8 Å². The number of methoxy groups -OCH3 is 2. The number of hydrogen-bond donors (Lipinski definition) is 8. The van der Waals surface area contributed by atoms with Crippen LogP contribution in [0.4, 0.5) is 18.4 Å². The number of piperidine rings is 2. The molecule has 2 fully saturated rings. The van der Waals surface area contributed by atoms with E-state index in [0.29, 0.717) is 92.6 Å². The number of rotatable bonds is 24. The second-order valence-electron chi connectivity index (χ2n) is 21.0. The largest absolute Gasteiger partial charge is 1.00 e. The molecule has 4 aromatic rings. The molecule has 2 aliphatic rings. The first-order chi connectivity index (χ1) is 38.2. The number of aliphatic hydroxyl groups excluding tert-OH is 2. The zero-order valence-electron chi connectivity index (χ0n) is 48.8. The number of carbonyl (C=O) groups excluding carboxylic acids is 4. The average molecular weight is 1130 g/mol. The van der Waals surface area contributed by atoms with Crippen molar-refractivity contribution in [3.8, 4) is 22.3 Å². The zero-order valence-corrected chi connectivity index (χ0v) is 48.8. The maximum atomic E-state index is 15.5. The van der Waals surface area contributed by atoms with E-state index in [1.165, 1.54) is 26.4 Å². The van der Waals surface area contributed by atoms with Crippen LogP contribution in [0.3, 0.4) is 0 Å². The molecule has 3 amide bonds. The molecule has 4 aromatic carbocycles. The van der Waals surface area contributed by atoms with E-state index in [2.05, 4.69) is 37.7 Å². The monoisotopic (exact) mass is 1120 g/mol. The van der Waals surface area contributed by atoms with E-state index in [9.17, 15) is 39.6 Å². The smallest absolute Gasteiger partial charge is 0.550 e. The Kier molecular flexibility index (Phi) is 30.6. The first kappa shape index (κ1) is 69.8. The van der Waals surface area contributed by atoms with Gasteiger partial charge in [0, 0.05) is 81.2 Å². The van der Waals surface area contributed by atoms with Crippen LogP contribution in [0.5, 0.6) is 0 Å². The van der Waals surface area contributed by atoms with E-state index in [1.807, 2.05) is 61.5 Å².